The zero-order valence-electron chi connectivity index (χ0n) is 11.6. The molecule has 1 N–H and O–H groups in total. The molecular formula is C15H12N2O4S. The number of ether oxygens (including phenoxy) is 1. The van der Waals surface area contributed by atoms with E-state index in [-0.39, 0.29) is 23.5 Å². The van der Waals surface area contributed by atoms with E-state index in [2.05, 4.69) is 4.98 Å². The maximum atomic E-state index is 12.0. The van der Waals surface area contributed by atoms with Crippen molar-refractivity contribution in [3.8, 4) is 5.75 Å². The van der Waals surface area contributed by atoms with Gasteiger partial charge in [0.25, 0.3) is 5.56 Å². The van der Waals surface area contributed by atoms with Gasteiger partial charge in [-0.25, -0.2) is 9.78 Å². The first-order valence-electron chi connectivity index (χ1n) is 6.48. The number of phenolic OH excluding ortho intramolecular Hbond substituents is 1. The number of fused-ring (bicyclic) bond motifs is 1. The summed E-state index contributed by atoms with van der Waals surface area (Å²) >= 11 is 1.32. The first-order chi connectivity index (χ1) is 10.6. The summed E-state index contributed by atoms with van der Waals surface area (Å²) in [6.07, 6.45) is 1.63. The molecule has 112 valence electrons. The first-order valence-corrected chi connectivity index (χ1v) is 7.36. The van der Waals surface area contributed by atoms with E-state index in [1.54, 1.807) is 30.6 Å². The predicted molar refractivity (Wildman–Crippen MR) is 81.3 cm³/mol. The summed E-state index contributed by atoms with van der Waals surface area (Å²) in [4.78, 5) is 28.6. The highest BCUT2D eigenvalue weighted by Crippen LogP contribution is 2.22. The maximum absolute atomic E-state index is 12.0. The van der Waals surface area contributed by atoms with Crippen LogP contribution < -0.4 is 5.56 Å². The van der Waals surface area contributed by atoms with Gasteiger partial charge in [-0.15, -0.1) is 11.3 Å². The van der Waals surface area contributed by atoms with Crippen LogP contribution in [0.15, 0.2) is 40.6 Å². The third-order valence-corrected chi connectivity index (χ3v) is 3.92. The molecule has 0 saturated heterocycles. The molecule has 6 nitrogen and oxygen atoms in total. The molecule has 0 bridgehead atoms. The molecular weight excluding hydrogens is 304 g/mol. The SMILES string of the molecule is Cc1cccc(C(=O)OCc2cc(=O)n3ccsc3n2)c1O. The lowest BCUT2D eigenvalue weighted by Gasteiger charge is -2.07. The second kappa shape index (κ2) is 5.61. The number of hydrogen-bond acceptors (Lipinski definition) is 6. The summed E-state index contributed by atoms with van der Waals surface area (Å²) < 4.78 is 6.54. The van der Waals surface area contributed by atoms with Gasteiger partial charge < -0.3 is 9.84 Å². The van der Waals surface area contributed by atoms with Gasteiger partial charge in [-0.1, -0.05) is 12.1 Å². The highest BCUT2D eigenvalue weighted by molar-refractivity contribution is 7.15. The quantitative estimate of drug-likeness (QED) is 0.749. The van der Waals surface area contributed by atoms with Gasteiger partial charge in [0.05, 0.1) is 5.69 Å². The number of benzene rings is 1. The summed E-state index contributed by atoms with van der Waals surface area (Å²) in [5.41, 5.74) is 0.823. The number of carbonyl (C=O) groups is 1. The molecule has 0 fully saturated rings. The maximum Gasteiger partial charge on any atom is 0.342 e. The average Bonchev–Trinajstić information content (AvgIpc) is 2.96. The molecule has 0 aliphatic rings. The Labute approximate surface area is 129 Å². The van der Waals surface area contributed by atoms with Crippen LogP contribution in [0, 0.1) is 6.92 Å². The highest BCUT2D eigenvalue weighted by Gasteiger charge is 2.14. The number of aryl methyl sites for hydroxylation is 1. The van der Waals surface area contributed by atoms with Crippen molar-refractivity contribution in [3.63, 3.8) is 0 Å². The Morgan fingerprint density at radius 3 is 3.09 bits per heavy atom. The Morgan fingerprint density at radius 2 is 2.27 bits per heavy atom. The van der Waals surface area contributed by atoms with E-state index in [4.69, 9.17) is 4.74 Å². The van der Waals surface area contributed by atoms with Crippen molar-refractivity contribution in [1.29, 1.82) is 0 Å². The van der Waals surface area contributed by atoms with Gasteiger partial charge in [-0.2, -0.15) is 0 Å². The van der Waals surface area contributed by atoms with E-state index in [1.807, 2.05) is 0 Å². The van der Waals surface area contributed by atoms with E-state index in [0.717, 1.165) is 0 Å². The van der Waals surface area contributed by atoms with Crippen LogP contribution >= 0.6 is 11.3 Å². The van der Waals surface area contributed by atoms with E-state index in [9.17, 15) is 14.7 Å². The van der Waals surface area contributed by atoms with Gasteiger partial charge in [0.1, 0.15) is 17.9 Å². The van der Waals surface area contributed by atoms with Crippen molar-refractivity contribution in [3.05, 3.63) is 63.0 Å². The van der Waals surface area contributed by atoms with E-state index < -0.39 is 5.97 Å². The number of thiazole rings is 1. The van der Waals surface area contributed by atoms with Crippen molar-refractivity contribution in [2.24, 2.45) is 0 Å². The minimum atomic E-state index is -0.658. The number of phenols is 1. The number of aromatic hydroxyl groups is 1. The van der Waals surface area contributed by atoms with Gasteiger partial charge in [-0.3, -0.25) is 9.20 Å². The first kappa shape index (κ1) is 14.3. The number of rotatable bonds is 3. The summed E-state index contributed by atoms with van der Waals surface area (Å²) in [7, 11) is 0. The molecule has 0 aliphatic carbocycles. The van der Waals surface area contributed by atoms with Gasteiger partial charge in [0.2, 0.25) is 0 Å². The van der Waals surface area contributed by atoms with E-state index in [0.29, 0.717) is 16.2 Å². The molecule has 3 aromatic rings. The van der Waals surface area contributed by atoms with E-state index >= 15 is 0 Å². The molecule has 0 unspecified atom stereocenters. The van der Waals surface area contributed by atoms with Crippen molar-refractivity contribution in [1.82, 2.24) is 9.38 Å². The molecule has 0 amide bonds. The summed E-state index contributed by atoms with van der Waals surface area (Å²) in [5.74, 6) is -0.761. The standard InChI is InChI=1S/C15H12N2O4S/c1-9-3-2-4-11(13(9)19)14(20)21-8-10-7-12(18)17-5-6-22-15(17)16-10/h2-7,19H,8H2,1H3. The van der Waals surface area contributed by atoms with Crippen LogP contribution in [0.2, 0.25) is 0 Å². The van der Waals surface area contributed by atoms with E-state index in [1.165, 1.54) is 27.9 Å². The van der Waals surface area contributed by atoms with Crippen molar-refractivity contribution in [2.75, 3.05) is 0 Å². The van der Waals surface area contributed by atoms with Gasteiger partial charge in [0, 0.05) is 17.6 Å². The lowest BCUT2D eigenvalue weighted by Crippen LogP contribution is -2.14. The Balaban J connectivity index is 1.80. The molecule has 0 saturated carbocycles. The van der Waals surface area contributed by atoms with Crippen LogP contribution in [0.5, 0.6) is 5.75 Å². The number of carbonyl (C=O) groups excluding carboxylic acids is 1. The normalized spacial score (nSPS) is 10.8. The average molecular weight is 316 g/mol. The van der Waals surface area contributed by atoms with Gasteiger partial charge >= 0.3 is 5.97 Å². The molecule has 7 heteroatoms. The van der Waals surface area contributed by atoms with Gasteiger partial charge in [-0.05, 0) is 18.6 Å². The molecule has 0 spiro atoms. The van der Waals surface area contributed by atoms with Crippen molar-refractivity contribution < 1.29 is 14.6 Å². The topological polar surface area (TPSA) is 80.9 Å². The van der Waals surface area contributed by atoms with Crippen LogP contribution in [0.3, 0.4) is 0 Å². The summed E-state index contributed by atoms with van der Waals surface area (Å²) in [6.45, 7) is 1.56. The predicted octanol–water partition coefficient (Wildman–Crippen LogP) is 2.13. The number of hydrogen-bond donors (Lipinski definition) is 1. The molecule has 3 rings (SSSR count). The number of aromatic nitrogens is 2. The summed E-state index contributed by atoms with van der Waals surface area (Å²) in [5, 5.41) is 11.6. The second-order valence-corrected chi connectivity index (χ2v) is 5.56. The fourth-order valence-electron chi connectivity index (χ4n) is 2.00. The van der Waals surface area contributed by atoms with Crippen LogP contribution in [0.4, 0.5) is 0 Å². The van der Waals surface area contributed by atoms with Crippen LogP contribution in [-0.2, 0) is 11.3 Å². The Bertz CT molecular complexity index is 913. The molecule has 0 radical (unpaired) electrons. The lowest BCUT2D eigenvalue weighted by atomic mass is 10.1. The lowest BCUT2D eigenvalue weighted by molar-refractivity contribution is 0.0464. The summed E-state index contributed by atoms with van der Waals surface area (Å²) in [6, 6.07) is 6.16. The highest BCUT2D eigenvalue weighted by atomic mass is 32.1. The second-order valence-electron chi connectivity index (χ2n) is 4.69. The monoisotopic (exact) mass is 316 g/mol. The van der Waals surface area contributed by atoms with Crippen LogP contribution in [0.1, 0.15) is 21.6 Å². The Kier molecular flexibility index (Phi) is 3.64. The molecule has 2 aromatic heterocycles. The fraction of sp³-hybridized carbons (Fsp3) is 0.133. The number of nitrogens with zero attached hydrogens (tertiary/aromatic N) is 2. The third kappa shape index (κ3) is 2.58. The smallest absolute Gasteiger partial charge is 0.342 e. The van der Waals surface area contributed by atoms with Crippen LogP contribution in [0.25, 0.3) is 4.96 Å². The molecule has 0 aliphatic heterocycles. The Morgan fingerprint density at radius 1 is 1.45 bits per heavy atom. The van der Waals surface area contributed by atoms with Crippen molar-refractivity contribution in [2.45, 2.75) is 13.5 Å². The minimum absolute atomic E-state index is 0.0916. The van der Waals surface area contributed by atoms with Gasteiger partial charge in [0.15, 0.2) is 4.96 Å². The molecule has 0 atom stereocenters. The molecule has 2 heterocycles. The number of esters is 1. The fourth-order valence-corrected chi connectivity index (χ4v) is 2.74. The number of para-hydroxylation sites is 1. The largest absolute Gasteiger partial charge is 0.507 e. The van der Waals surface area contributed by atoms with Crippen molar-refractivity contribution >= 4 is 22.3 Å². The zero-order valence-corrected chi connectivity index (χ0v) is 12.5. The van der Waals surface area contributed by atoms with Crippen LogP contribution in [-0.4, -0.2) is 20.5 Å². The third-order valence-electron chi connectivity index (χ3n) is 3.17. The molecule has 22 heavy (non-hydrogen) atoms. The minimum Gasteiger partial charge on any atom is -0.507 e. The molecule has 1 aromatic carbocycles. The zero-order chi connectivity index (χ0) is 15.7. The Hall–Kier alpha value is -2.67.